The van der Waals surface area contributed by atoms with E-state index in [0.29, 0.717) is 24.8 Å². The minimum Gasteiger partial charge on any atom is -0.394 e. The molecule has 11 heteroatoms. The fraction of sp³-hybridized carbons (Fsp3) is 0.786. The van der Waals surface area contributed by atoms with Crippen molar-refractivity contribution in [2.24, 2.45) is 28.6 Å². The molecule has 1 saturated heterocycles. The first-order valence-corrected chi connectivity index (χ1v) is 13.7. The molecular formula is C28H39FO10. The van der Waals surface area contributed by atoms with E-state index >= 15 is 4.39 Å². The number of allylic oxidation sites excluding steroid dienone is 4. The van der Waals surface area contributed by atoms with Gasteiger partial charge in [0.15, 0.2) is 23.5 Å². The van der Waals surface area contributed by atoms with Gasteiger partial charge < -0.3 is 40.1 Å². The molecule has 0 bridgehead atoms. The summed E-state index contributed by atoms with van der Waals surface area (Å²) >= 11 is 0. The van der Waals surface area contributed by atoms with Crippen LogP contribution in [-0.2, 0) is 19.1 Å². The fourth-order valence-electron chi connectivity index (χ4n) is 8.61. The smallest absolute Gasteiger partial charge is 0.190 e. The van der Waals surface area contributed by atoms with Crippen LogP contribution >= 0.6 is 0 Å². The van der Waals surface area contributed by atoms with Crippen LogP contribution in [0.2, 0.25) is 0 Å². The molecule has 6 N–H and O–H groups in total. The number of halogens is 1. The van der Waals surface area contributed by atoms with Crippen molar-refractivity contribution < 1.29 is 54.1 Å². The zero-order valence-electron chi connectivity index (χ0n) is 22.4. The van der Waals surface area contributed by atoms with E-state index in [1.54, 1.807) is 26.8 Å². The second-order valence-electron chi connectivity index (χ2n) is 12.6. The monoisotopic (exact) mass is 554 g/mol. The molecule has 13 atom stereocenters. The van der Waals surface area contributed by atoms with Gasteiger partial charge in [-0.25, -0.2) is 4.39 Å². The molecule has 1 aliphatic heterocycles. The lowest BCUT2D eigenvalue weighted by Crippen LogP contribution is -2.69. The number of carbonyl (C=O) groups excluding carboxylic acids is 2. The van der Waals surface area contributed by atoms with E-state index in [2.05, 4.69) is 0 Å². The van der Waals surface area contributed by atoms with Crippen LogP contribution in [0.1, 0.15) is 46.5 Å². The topological polar surface area (TPSA) is 174 Å². The third-order valence-electron chi connectivity index (χ3n) is 10.9. The van der Waals surface area contributed by atoms with Crippen molar-refractivity contribution in [3.05, 3.63) is 23.8 Å². The van der Waals surface area contributed by atoms with Crippen molar-refractivity contribution in [2.75, 3.05) is 13.2 Å². The summed E-state index contributed by atoms with van der Waals surface area (Å²) < 4.78 is 28.0. The van der Waals surface area contributed by atoms with Gasteiger partial charge in [-0.05, 0) is 56.6 Å². The molecule has 0 aromatic heterocycles. The molecule has 5 rings (SSSR count). The predicted molar refractivity (Wildman–Crippen MR) is 133 cm³/mol. The molecular weight excluding hydrogens is 515 g/mol. The third-order valence-corrected chi connectivity index (χ3v) is 10.9. The van der Waals surface area contributed by atoms with Crippen LogP contribution in [0.5, 0.6) is 0 Å². The van der Waals surface area contributed by atoms with Gasteiger partial charge in [0.05, 0.1) is 12.7 Å². The molecule has 10 nitrogen and oxygen atoms in total. The van der Waals surface area contributed by atoms with Crippen molar-refractivity contribution >= 4 is 11.6 Å². The molecule has 39 heavy (non-hydrogen) atoms. The van der Waals surface area contributed by atoms with E-state index in [9.17, 15) is 40.2 Å². The van der Waals surface area contributed by atoms with Crippen LogP contribution in [0.3, 0.4) is 0 Å². The molecule has 0 amide bonds. The lowest BCUT2D eigenvalue weighted by atomic mass is 9.44. The summed E-state index contributed by atoms with van der Waals surface area (Å²) in [5, 5.41) is 63.1. The Morgan fingerprint density at radius 1 is 1.15 bits per heavy atom. The summed E-state index contributed by atoms with van der Waals surface area (Å²) in [4.78, 5) is 25.7. The Balaban J connectivity index is 1.40. The third kappa shape index (κ3) is 3.74. The molecule has 5 aliphatic rings. The number of ether oxygens (including phenoxy) is 2. The average Bonchev–Trinajstić information content (AvgIpc) is 3.09. The van der Waals surface area contributed by atoms with Gasteiger partial charge in [0, 0.05) is 16.7 Å². The number of fused-ring (bicyclic) bond motifs is 5. The highest BCUT2D eigenvalue weighted by atomic mass is 19.1. The summed E-state index contributed by atoms with van der Waals surface area (Å²) in [6, 6.07) is 0. The summed E-state index contributed by atoms with van der Waals surface area (Å²) in [7, 11) is 0. The summed E-state index contributed by atoms with van der Waals surface area (Å²) in [5.41, 5.74) is -5.84. The van der Waals surface area contributed by atoms with E-state index in [4.69, 9.17) is 9.47 Å². The molecule has 0 aromatic rings. The number of hydrogen-bond acceptors (Lipinski definition) is 10. The minimum atomic E-state index is -2.10. The highest BCUT2D eigenvalue weighted by Crippen LogP contribution is 2.70. The number of aliphatic hydroxyl groups is 6. The zero-order chi connectivity index (χ0) is 28.7. The second-order valence-corrected chi connectivity index (χ2v) is 12.6. The molecule has 4 aliphatic carbocycles. The maximum absolute atomic E-state index is 17.3. The summed E-state index contributed by atoms with van der Waals surface area (Å²) in [6.45, 7) is 3.72. The van der Waals surface area contributed by atoms with Crippen LogP contribution in [0.25, 0.3) is 0 Å². The Kier molecular flexibility index (Phi) is 7.04. The highest BCUT2D eigenvalue weighted by Gasteiger charge is 2.75. The van der Waals surface area contributed by atoms with Gasteiger partial charge >= 0.3 is 0 Å². The largest absolute Gasteiger partial charge is 0.394 e. The highest BCUT2D eigenvalue weighted by molar-refractivity contribution is 6.01. The number of alkyl halides is 1. The Hall–Kier alpha value is -1.57. The number of aliphatic hydroxyl groups excluding tert-OH is 5. The van der Waals surface area contributed by atoms with Gasteiger partial charge in [0.2, 0.25) is 0 Å². The zero-order valence-corrected chi connectivity index (χ0v) is 22.4. The number of Topliss-reactive ketones (excluding diaryl/α,β-unsaturated/α-hetero) is 1. The second kappa shape index (κ2) is 9.49. The normalized spacial score (nSPS) is 53.0. The van der Waals surface area contributed by atoms with Crippen molar-refractivity contribution in [2.45, 2.75) is 94.5 Å². The van der Waals surface area contributed by atoms with Crippen molar-refractivity contribution in [1.82, 2.24) is 0 Å². The number of ketones is 2. The van der Waals surface area contributed by atoms with E-state index < -0.39 is 95.7 Å². The van der Waals surface area contributed by atoms with Crippen LogP contribution < -0.4 is 0 Å². The Bertz CT molecular complexity index is 1090. The number of carbonyl (C=O) groups is 2. The van der Waals surface area contributed by atoms with Gasteiger partial charge in [-0.1, -0.05) is 25.5 Å². The van der Waals surface area contributed by atoms with E-state index in [-0.39, 0.29) is 12.2 Å². The molecule has 1 unspecified atom stereocenters. The Labute approximate surface area is 226 Å². The minimum absolute atomic E-state index is 0.193. The molecule has 3 saturated carbocycles. The predicted octanol–water partition coefficient (Wildman–Crippen LogP) is -0.280. The molecule has 0 aromatic carbocycles. The standard InChI is InChI=1S/C28H39FO10/c1-13-8-17-16-5-4-14-9-15(31)6-7-25(14,2)27(16,29)19(32)10-26(17,3)28(13,37)20(33)12-38-24-23(36)22(35)21(34)18(11-30)39-24/h6-7,9,13,16-19,21-24,30,32,34-37H,4-5,8,10-12H2,1-3H3/t13-,16+,17+,18-,19+,21+,22+,23-,24?,25+,26+,27+,28+/m1/s1. The van der Waals surface area contributed by atoms with Crippen molar-refractivity contribution in [1.29, 1.82) is 0 Å². The van der Waals surface area contributed by atoms with Crippen LogP contribution in [0.15, 0.2) is 23.8 Å². The number of hydrogen-bond donors (Lipinski definition) is 6. The summed E-state index contributed by atoms with van der Waals surface area (Å²) in [5.74, 6) is -2.69. The van der Waals surface area contributed by atoms with Crippen LogP contribution in [-0.4, -0.2) is 103 Å². The van der Waals surface area contributed by atoms with Crippen molar-refractivity contribution in [3.63, 3.8) is 0 Å². The van der Waals surface area contributed by atoms with Gasteiger partial charge in [-0.2, -0.15) is 0 Å². The van der Waals surface area contributed by atoms with E-state index in [1.165, 1.54) is 12.2 Å². The first kappa shape index (κ1) is 28.9. The van der Waals surface area contributed by atoms with Crippen LogP contribution in [0.4, 0.5) is 4.39 Å². The number of rotatable bonds is 5. The van der Waals surface area contributed by atoms with E-state index in [1.807, 2.05) is 0 Å². The van der Waals surface area contributed by atoms with Gasteiger partial charge in [-0.15, -0.1) is 0 Å². The first-order chi connectivity index (χ1) is 18.2. The quantitative estimate of drug-likeness (QED) is 0.265. The first-order valence-electron chi connectivity index (χ1n) is 13.7. The Morgan fingerprint density at radius 3 is 2.51 bits per heavy atom. The van der Waals surface area contributed by atoms with E-state index in [0.717, 1.165) is 0 Å². The summed E-state index contributed by atoms with van der Waals surface area (Å²) in [6.07, 6.45) is -3.99. The lowest BCUT2D eigenvalue weighted by Gasteiger charge is -2.62. The maximum atomic E-state index is 17.3. The van der Waals surface area contributed by atoms with Gasteiger partial charge in [-0.3, -0.25) is 9.59 Å². The van der Waals surface area contributed by atoms with Gasteiger partial charge in [0.25, 0.3) is 0 Å². The lowest BCUT2D eigenvalue weighted by molar-refractivity contribution is -0.300. The van der Waals surface area contributed by atoms with Crippen LogP contribution in [0, 0.1) is 28.6 Å². The van der Waals surface area contributed by atoms with Gasteiger partial charge in [0.1, 0.15) is 36.6 Å². The molecule has 1 heterocycles. The maximum Gasteiger partial charge on any atom is 0.190 e. The average molecular weight is 555 g/mol. The Morgan fingerprint density at radius 2 is 1.85 bits per heavy atom. The molecule has 0 spiro atoms. The SMILES string of the molecule is C[C@@H]1C[C@H]2[C@@H]3CCC4=CC(=O)C=C[C@]4(C)[C@@]3(F)[C@@H](O)C[C@]2(C)[C@@]1(O)C(=O)COC1O[C@H](CO)[C@H](O)[C@H](O)[C@H]1O. The molecule has 218 valence electrons. The fourth-order valence-corrected chi connectivity index (χ4v) is 8.61. The van der Waals surface area contributed by atoms with Crippen molar-refractivity contribution in [3.8, 4) is 0 Å². The molecule has 4 fully saturated rings. The molecule has 0 radical (unpaired) electrons.